The van der Waals surface area contributed by atoms with Crippen LogP contribution in [0.4, 0.5) is 8.78 Å². The number of nitrogens with zero attached hydrogens (tertiary/aromatic N) is 4. The maximum atomic E-state index is 12.8. The molecule has 1 unspecified atom stereocenters. The Kier molecular flexibility index (Phi) is 6.86. The molecular weight excluding hydrogens is 412 g/mol. The van der Waals surface area contributed by atoms with Gasteiger partial charge in [-0.25, -0.2) is 9.50 Å². The number of amides is 1. The fourth-order valence-corrected chi connectivity index (χ4v) is 3.65. The predicted octanol–water partition coefficient (Wildman–Crippen LogP) is 3.87. The summed E-state index contributed by atoms with van der Waals surface area (Å²) < 4.78 is 31.7. The van der Waals surface area contributed by atoms with Crippen LogP contribution in [0.15, 0.2) is 29.4 Å². The van der Waals surface area contributed by atoms with E-state index in [0.29, 0.717) is 28.6 Å². The molecule has 2 heterocycles. The molecule has 3 rings (SSSR count). The van der Waals surface area contributed by atoms with Gasteiger partial charge in [-0.2, -0.15) is 13.8 Å². The van der Waals surface area contributed by atoms with Crippen LogP contribution in [0.3, 0.4) is 0 Å². The van der Waals surface area contributed by atoms with Crippen molar-refractivity contribution in [1.82, 2.24) is 24.9 Å². The number of halogens is 2. The molecule has 10 heteroatoms. The number of fused-ring (bicyclic) bond motifs is 1. The predicted molar refractivity (Wildman–Crippen MR) is 110 cm³/mol. The number of aryl methyl sites for hydroxylation is 2. The summed E-state index contributed by atoms with van der Waals surface area (Å²) in [5.74, 6) is 0.302. The second kappa shape index (κ2) is 9.38. The number of para-hydroxylation sites is 1. The van der Waals surface area contributed by atoms with E-state index in [4.69, 9.17) is 0 Å². The third-order valence-electron chi connectivity index (χ3n) is 4.80. The summed E-state index contributed by atoms with van der Waals surface area (Å²) in [5, 5.41) is 7.92. The number of thioether (sulfide) groups is 1. The van der Waals surface area contributed by atoms with Gasteiger partial charge in [0.25, 0.3) is 5.78 Å². The molecule has 1 atom stereocenters. The molecule has 0 saturated carbocycles. The van der Waals surface area contributed by atoms with Crippen molar-refractivity contribution in [3.05, 3.63) is 46.8 Å². The Balaban J connectivity index is 1.83. The first-order valence-corrected chi connectivity index (χ1v) is 10.7. The second-order valence-corrected chi connectivity index (χ2v) is 7.47. The van der Waals surface area contributed by atoms with E-state index in [9.17, 15) is 13.6 Å². The minimum atomic E-state index is -2.93. The average molecular weight is 436 g/mol. The zero-order chi connectivity index (χ0) is 21.8. The summed E-state index contributed by atoms with van der Waals surface area (Å²) in [4.78, 5) is 21.6. The lowest BCUT2D eigenvalue weighted by Gasteiger charge is -2.21. The Labute approximate surface area is 177 Å². The van der Waals surface area contributed by atoms with Gasteiger partial charge in [-0.1, -0.05) is 36.9 Å². The Morgan fingerprint density at radius 2 is 2.00 bits per heavy atom. The van der Waals surface area contributed by atoms with E-state index >= 15 is 0 Å². The van der Waals surface area contributed by atoms with Gasteiger partial charge in [0, 0.05) is 22.5 Å². The molecule has 1 amide bonds. The van der Waals surface area contributed by atoms with Crippen molar-refractivity contribution in [2.45, 2.75) is 51.4 Å². The molecule has 1 aromatic carbocycles. The summed E-state index contributed by atoms with van der Waals surface area (Å²) in [6, 6.07) is 6.03. The summed E-state index contributed by atoms with van der Waals surface area (Å²) in [5.41, 5.74) is 2.75. The average Bonchev–Trinajstić information content (AvgIpc) is 3.13. The summed E-state index contributed by atoms with van der Waals surface area (Å²) in [6.07, 6.45) is 2.49. The van der Waals surface area contributed by atoms with Crippen molar-refractivity contribution in [2.24, 2.45) is 0 Å². The van der Waals surface area contributed by atoms with Crippen LogP contribution in [-0.4, -0.2) is 38.4 Å². The van der Waals surface area contributed by atoms with Gasteiger partial charge in [0.15, 0.2) is 0 Å². The van der Waals surface area contributed by atoms with Gasteiger partial charge < -0.3 is 10.1 Å². The van der Waals surface area contributed by atoms with Gasteiger partial charge in [-0.15, -0.1) is 5.10 Å². The Morgan fingerprint density at radius 3 is 2.67 bits per heavy atom. The molecule has 1 N–H and O–H groups in total. The van der Waals surface area contributed by atoms with Crippen molar-refractivity contribution >= 4 is 23.4 Å². The summed E-state index contributed by atoms with van der Waals surface area (Å²) in [6.45, 7) is 2.63. The summed E-state index contributed by atoms with van der Waals surface area (Å²) in [7, 11) is 0. The zero-order valence-electron chi connectivity index (χ0n) is 17.1. The van der Waals surface area contributed by atoms with Crippen molar-refractivity contribution in [3.63, 3.8) is 0 Å². The maximum absolute atomic E-state index is 12.8. The largest absolute Gasteiger partial charge is 0.434 e. The maximum Gasteiger partial charge on any atom is 0.387 e. The lowest BCUT2D eigenvalue weighted by Crippen LogP contribution is -2.30. The van der Waals surface area contributed by atoms with Crippen LogP contribution in [0.25, 0.3) is 5.78 Å². The van der Waals surface area contributed by atoms with E-state index in [1.807, 2.05) is 27.0 Å². The highest BCUT2D eigenvalue weighted by Gasteiger charge is 2.21. The second-order valence-electron chi connectivity index (χ2n) is 6.69. The smallest absolute Gasteiger partial charge is 0.387 e. The lowest BCUT2D eigenvalue weighted by molar-refractivity contribution is -0.121. The highest BCUT2D eigenvalue weighted by Crippen LogP contribution is 2.28. The molecule has 7 nitrogen and oxygen atoms in total. The highest BCUT2D eigenvalue weighted by molar-refractivity contribution is 7.98. The molecule has 0 aliphatic rings. The SMILES string of the molecule is CCC(NC(=O)Cc1c(C)nc2nc(SC)nn2c1C)c1ccccc1OC(F)F. The number of ether oxygens (including phenoxy) is 1. The normalized spacial score (nSPS) is 12.4. The third kappa shape index (κ3) is 4.69. The van der Waals surface area contributed by atoms with Gasteiger partial charge in [-0.3, -0.25) is 4.79 Å². The standard InChI is InChI=1S/C20H23F2N5O2S/c1-5-15(13-8-6-7-9-16(13)29-18(21)22)24-17(28)10-14-11(2)23-19-25-20(30-4)26-27(19)12(14)3/h6-9,15,18H,5,10H2,1-4H3,(H,24,28). The Morgan fingerprint density at radius 1 is 1.27 bits per heavy atom. The lowest BCUT2D eigenvalue weighted by atomic mass is 10.0. The zero-order valence-corrected chi connectivity index (χ0v) is 18.0. The van der Waals surface area contributed by atoms with Crippen molar-refractivity contribution in [2.75, 3.05) is 6.26 Å². The van der Waals surface area contributed by atoms with Gasteiger partial charge in [0.05, 0.1) is 12.5 Å². The van der Waals surface area contributed by atoms with Crippen LogP contribution in [0.2, 0.25) is 0 Å². The molecule has 3 aromatic rings. The number of benzene rings is 1. The number of aromatic nitrogens is 4. The molecular formula is C20H23F2N5O2S. The molecule has 0 aliphatic heterocycles. The van der Waals surface area contributed by atoms with Gasteiger partial charge >= 0.3 is 6.61 Å². The topological polar surface area (TPSA) is 81.4 Å². The number of hydrogen-bond donors (Lipinski definition) is 1. The number of alkyl halides is 2. The fraction of sp³-hybridized carbons (Fsp3) is 0.400. The van der Waals surface area contributed by atoms with Crippen LogP contribution >= 0.6 is 11.8 Å². The molecule has 0 aliphatic carbocycles. The Hall–Kier alpha value is -2.75. The monoisotopic (exact) mass is 435 g/mol. The number of hydrogen-bond acceptors (Lipinski definition) is 6. The number of carbonyl (C=O) groups is 1. The molecule has 0 saturated heterocycles. The number of carbonyl (C=O) groups excluding carboxylic acids is 1. The molecule has 0 spiro atoms. The van der Waals surface area contributed by atoms with Gasteiger partial charge in [0.2, 0.25) is 11.1 Å². The van der Waals surface area contributed by atoms with Crippen LogP contribution < -0.4 is 10.1 Å². The number of rotatable bonds is 8. The van der Waals surface area contributed by atoms with E-state index < -0.39 is 12.7 Å². The van der Waals surface area contributed by atoms with E-state index in [0.717, 1.165) is 11.3 Å². The van der Waals surface area contributed by atoms with Crippen LogP contribution in [0, 0.1) is 13.8 Å². The first kappa shape index (κ1) is 21.9. The van der Waals surface area contributed by atoms with Gasteiger partial charge in [0.1, 0.15) is 5.75 Å². The van der Waals surface area contributed by atoms with Gasteiger partial charge in [-0.05, 0) is 32.6 Å². The minimum Gasteiger partial charge on any atom is -0.434 e. The van der Waals surface area contributed by atoms with Crippen molar-refractivity contribution in [1.29, 1.82) is 0 Å². The Bertz CT molecular complexity index is 1060. The van der Waals surface area contributed by atoms with Crippen LogP contribution in [0.5, 0.6) is 5.75 Å². The van der Waals surface area contributed by atoms with Crippen LogP contribution in [0.1, 0.15) is 41.9 Å². The molecule has 2 aromatic heterocycles. The quantitative estimate of drug-likeness (QED) is 0.541. The van der Waals surface area contributed by atoms with Crippen LogP contribution in [-0.2, 0) is 11.2 Å². The van der Waals surface area contributed by atoms with E-state index in [1.54, 1.807) is 22.7 Å². The van der Waals surface area contributed by atoms with E-state index in [2.05, 4.69) is 25.1 Å². The van der Waals surface area contributed by atoms with E-state index in [-0.39, 0.29) is 18.1 Å². The van der Waals surface area contributed by atoms with Crippen molar-refractivity contribution in [3.8, 4) is 5.75 Å². The summed E-state index contributed by atoms with van der Waals surface area (Å²) >= 11 is 1.42. The van der Waals surface area contributed by atoms with E-state index in [1.165, 1.54) is 17.8 Å². The molecule has 0 bridgehead atoms. The molecule has 30 heavy (non-hydrogen) atoms. The van der Waals surface area contributed by atoms with Crippen molar-refractivity contribution < 1.29 is 18.3 Å². The first-order chi connectivity index (χ1) is 14.3. The molecule has 0 radical (unpaired) electrons. The molecule has 160 valence electrons. The minimum absolute atomic E-state index is 0.0577. The third-order valence-corrected chi connectivity index (χ3v) is 5.34. The fourth-order valence-electron chi connectivity index (χ4n) is 3.31. The number of nitrogens with one attached hydrogen (secondary N) is 1. The highest BCUT2D eigenvalue weighted by atomic mass is 32.2. The molecule has 0 fully saturated rings. The first-order valence-electron chi connectivity index (χ1n) is 9.44.